The van der Waals surface area contributed by atoms with E-state index in [9.17, 15) is 13.2 Å². The molecular formula is C21H32ClNO4S. The van der Waals surface area contributed by atoms with Crippen LogP contribution in [0, 0.1) is 11.8 Å². The summed E-state index contributed by atoms with van der Waals surface area (Å²) in [4.78, 5) is 11.6. The zero-order chi connectivity index (χ0) is 20.4. The minimum atomic E-state index is -3.46. The minimum absolute atomic E-state index is 0.0905. The molecule has 2 rings (SSSR count). The van der Waals surface area contributed by atoms with Gasteiger partial charge < -0.3 is 4.74 Å². The topological polar surface area (TPSA) is 72.5 Å². The van der Waals surface area contributed by atoms with Crippen molar-refractivity contribution < 1.29 is 17.9 Å². The fourth-order valence-corrected chi connectivity index (χ4v) is 5.01. The molecule has 0 unspecified atom stereocenters. The Bertz CT molecular complexity index is 698. The summed E-state index contributed by atoms with van der Waals surface area (Å²) in [7, 11) is -3.46. The van der Waals surface area contributed by atoms with Crippen LogP contribution in [0.2, 0.25) is 5.02 Å². The lowest BCUT2D eigenvalue weighted by Gasteiger charge is -2.28. The Morgan fingerprint density at radius 1 is 1.07 bits per heavy atom. The Balaban J connectivity index is 1.60. The summed E-state index contributed by atoms with van der Waals surface area (Å²) in [5.41, 5.74) is 0. The average molecular weight is 430 g/mol. The molecule has 0 spiro atoms. The van der Waals surface area contributed by atoms with Gasteiger partial charge in [-0.1, -0.05) is 50.1 Å². The van der Waals surface area contributed by atoms with Crippen molar-refractivity contribution in [1.82, 2.24) is 4.72 Å². The first-order valence-corrected chi connectivity index (χ1v) is 12.2. The number of nitrogens with one attached hydrogen (secondary N) is 1. The van der Waals surface area contributed by atoms with E-state index in [2.05, 4.69) is 4.72 Å². The van der Waals surface area contributed by atoms with Gasteiger partial charge in [-0.25, -0.2) is 13.1 Å². The van der Waals surface area contributed by atoms with Crippen molar-refractivity contribution in [1.29, 1.82) is 0 Å². The van der Waals surface area contributed by atoms with E-state index in [0.717, 1.165) is 38.0 Å². The molecule has 0 heterocycles. The van der Waals surface area contributed by atoms with Crippen LogP contribution < -0.4 is 4.72 Å². The first-order valence-electron chi connectivity index (χ1n) is 10.3. The van der Waals surface area contributed by atoms with Gasteiger partial charge in [0.1, 0.15) is 0 Å². The summed E-state index contributed by atoms with van der Waals surface area (Å²) in [6.45, 7) is 2.76. The molecule has 1 aromatic rings. The molecule has 28 heavy (non-hydrogen) atoms. The van der Waals surface area contributed by atoms with Crippen LogP contribution >= 0.6 is 11.6 Å². The summed E-state index contributed by atoms with van der Waals surface area (Å²) in [6, 6.07) is 6.23. The van der Waals surface area contributed by atoms with Gasteiger partial charge in [-0.05, 0) is 55.9 Å². The molecule has 0 radical (unpaired) electrons. The van der Waals surface area contributed by atoms with Gasteiger partial charge in [0.15, 0.2) is 0 Å². The van der Waals surface area contributed by atoms with Crippen LogP contribution in [-0.4, -0.2) is 27.5 Å². The highest BCUT2D eigenvalue weighted by Gasteiger charge is 2.21. The Morgan fingerprint density at radius 3 is 2.29 bits per heavy atom. The van der Waals surface area contributed by atoms with E-state index in [1.165, 1.54) is 31.4 Å². The second-order valence-electron chi connectivity index (χ2n) is 7.58. The van der Waals surface area contributed by atoms with Gasteiger partial charge in [0.05, 0.1) is 11.5 Å². The van der Waals surface area contributed by atoms with Crippen LogP contribution in [0.3, 0.4) is 0 Å². The highest BCUT2D eigenvalue weighted by Crippen LogP contribution is 2.33. The van der Waals surface area contributed by atoms with Gasteiger partial charge in [-0.3, -0.25) is 4.79 Å². The fourth-order valence-electron chi connectivity index (χ4n) is 3.84. The van der Waals surface area contributed by atoms with Crippen LogP contribution in [0.1, 0.15) is 64.7 Å². The second kappa shape index (κ2) is 11.8. The first-order chi connectivity index (χ1) is 13.4. The molecule has 1 aromatic carbocycles. The zero-order valence-corrected chi connectivity index (χ0v) is 18.2. The Morgan fingerprint density at radius 2 is 1.68 bits per heavy atom. The molecule has 1 saturated carbocycles. The molecule has 1 aliphatic carbocycles. The lowest BCUT2D eigenvalue weighted by atomic mass is 9.78. The van der Waals surface area contributed by atoms with Crippen molar-refractivity contribution in [2.75, 3.05) is 13.2 Å². The third-order valence-electron chi connectivity index (χ3n) is 5.48. The second-order valence-corrected chi connectivity index (χ2v) is 9.78. The number of hydrogen-bond donors (Lipinski definition) is 1. The van der Waals surface area contributed by atoms with Crippen LogP contribution in [0.25, 0.3) is 0 Å². The summed E-state index contributed by atoms with van der Waals surface area (Å²) < 4.78 is 32.2. The number of halogens is 1. The van der Waals surface area contributed by atoms with E-state index < -0.39 is 10.0 Å². The molecule has 1 N–H and O–H groups in total. The van der Waals surface area contributed by atoms with Gasteiger partial charge in [0.2, 0.25) is 10.0 Å². The maximum atomic E-state index is 12.3. The molecule has 0 aliphatic heterocycles. The first kappa shape index (κ1) is 23.2. The van der Waals surface area contributed by atoms with Crippen molar-refractivity contribution in [2.45, 2.75) is 69.6 Å². The highest BCUT2D eigenvalue weighted by atomic mass is 35.5. The Kier molecular flexibility index (Phi) is 9.75. The normalized spacial score (nSPS) is 20.1. The third kappa shape index (κ3) is 8.10. The SMILES string of the molecule is CCOC(=O)CCCCC1CCC(CCNS(=O)(=O)c2ccc(Cl)cc2)CC1. The maximum absolute atomic E-state index is 12.3. The van der Waals surface area contributed by atoms with Crippen LogP contribution in [0.15, 0.2) is 29.2 Å². The molecule has 0 aromatic heterocycles. The van der Waals surface area contributed by atoms with Crippen molar-refractivity contribution in [3.8, 4) is 0 Å². The standard InChI is InChI=1S/C21H32ClNO4S/c1-2-27-21(24)6-4-3-5-17-7-9-18(10-8-17)15-16-23-28(25,26)20-13-11-19(22)12-14-20/h11-14,17-18,23H,2-10,15-16H2,1H3. The lowest BCUT2D eigenvalue weighted by Crippen LogP contribution is -2.27. The summed E-state index contributed by atoms with van der Waals surface area (Å²) >= 11 is 5.81. The van der Waals surface area contributed by atoms with E-state index in [1.807, 2.05) is 6.92 Å². The number of sulfonamides is 1. The number of unbranched alkanes of at least 4 members (excludes halogenated alkanes) is 1. The quantitative estimate of drug-likeness (QED) is 0.399. The Labute approximate surface area is 174 Å². The van der Waals surface area contributed by atoms with Crippen molar-refractivity contribution in [2.24, 2.45) is 11.8 Å². The molecule has 158 valence electrons. The number of esters is 1. The fraction of sp³-hybridized carbons (Fsp3) is 0.667. The Hall–Kier alpha value is -1.11. The molecule has 1 aliphatic rings. The number of carbonyl (C=O) groups excluding carboxylic acids is 1. The van der Waals surface area contributed by atoms with Crippen LogP contribution in [0.5, 0.6) is 0 Å². The van der Waals surface area contributed by atoms with Gasteiger partial charge >= 0.3 is 5.97 Å². The van der Waals surface area contributed by atoms with Crippen molar-refractivity contribution in [3.05, 3.63) is 29.3 Å². The van der Waals surface area contributed by atoms with Crippen LogP contribution in [-0.2, 0) is 19.6 Å². The number of carbonyl (C=O) groups is 1. The molecule has 0 amide bonds. The number of ether oxygens (including phenoxy) is 1. The van der Waals surface area contributed by atoms with E-state index in [-0.39, 0.29) is 10.9 Å². The molecular weight excluding hydrogens is 398 g/mol. The van der Waals surface area contributed by atoms with Crippen molar-refractivity contribution in [3.63, 3.8) is 0 Å². The summed E-state index contributed by atoms with van der Waals surface area (Å²) in [6.07, 6.45) is 9.29. The van der Waals surface area contributed by atoms with E-state index in [4.69, 9.17) is 16.3 Å². The molecule has 5 nitrogen and oxygen atoms in total. The van der Waals surface area contributed by atoms with Gasteiger partial charge in [0, 0.05) is 18.0 Å². The average Bonchev–Trinajstić information content (AvgIpc) is 2.67. The van der Waals surface area contributed by atoms with Gasteiger partial charge in [0.25, 0.3) is 0 Å². The highest BCUT2D eigenvalue weighted by molar-refractivity contribution is 7.89. The van der Waals surface area contributed by atoms with E-state index >= 15 is 0 Å². The molecule has 0 saturated heterocycles. The molecule has 0 bridgehead atoms. The molecule has 1 fully saturated rings. The zero-order valence-electron chi connectivity index (χ0n) is 16.7. The minimum Gasteiger partial charge on any atom is -0.466 e. The third-order valence-corrected chi connectivity index (χ3v) is 7.21. The number of hydrogen-bond acceptors (Lipinski definition) is 4. The number of rotatable bonds is 11. The predicted molar refractivity (Wildman–Crippen MR) is 112 cm³/mol. The monoisotopic (exact) mass is 429 g/mol. The summed E-state index contributed by atoms with van der Waals surface area (Å²) in [5.74, 6) is 1.24. The van der Waals surface area contributed by atoms with E-state index in [0.29, 0.717) is 30.5 Å². The lowest BCUT2D eigenvalue weighted by molar-refractivity contribution is -0.143. The smallest absolute Gasteiger partial charge is 0.305 e. The molecule has 0 atom stereocenters. The summed E-state index contributed by atoms with van der Waals surface area (Å²) in [5, 5.41) is 0.525. The van der Waals surface area contributed by atoms with E-state index in [1.54, 1.807) is 12.1 Å². The molecule has 7 heteroatoms. The largest absolute Gasteiger partial charge is 0.466 e. The van der Waals surface area contributed by atoms with Crippen molar-refractivity contribution >= 4 is 27.6 Å². The van der Waals surface area contributed by atoms with Crippen LogP contribution in [0.4, 0.5) is 0 Å². The van der Waals surface area contributed by atoms with Gasteiger partial charge in [-0.15, -0.1) is 0 Å². The van der Waals surface area contributed by atoms with Gasteiger partial charge in [-0.2, -0.15) is 0 Å². The maximum Gasteiger partial charge on any atom is 0.305 e. The number of benzene rings is 1. The predicted octanol–water partition coefficient (Wildman–Crippen LogP) is 4.94.